The van der Waals surface area contributed by atoms with E-state index >= 15 is 0 Å². The highest BCUT2D eigenvalue weighted by atomic mass is 35.5. The molecule has 140 valence electrons. The van der Waals surface area contributed by atoms with Gasteiger partial charge >= 0.3 is 0 Å². The van der Waals surface area contributed by atoms with E-state index in [1.54, 1.807) is 23.1 Å². The Bertz CT molecular complexity index is 884. The predicted octanol–water partition coefficient (Wildman–Crippen LogP) is 2.77. The lowest BCUT2D eigenvalue weighted by Gasteiger charge is -2.25. The molecule has 1 amide bonds. The summed E-state index contributed by atoms with van der Waals surface area (Å²) in [5.41, 5.74) is 0.565. The van der Waals surface area contributed by atoms with E-state index in [9.17, 15) is 13.2 Å². The first-order valence-electron chi connectivity index (χ1n) is 8.19. The number of anilines is 1. The average Bonchev–Trinajstić information content (AvgIpc) is 3.25. The lowest BCUT2D eigenvalue weighted by molar-refractivity contribution is -0.126. The number of ether oxygens (including phenoxy) is 1. The maximum Gasteiger partial charge on any atom is 0.277 e. The van der Waals surface area contributed by atoms with Crippen molar-refractivity contribution in [2.45, 2.75) is 30.2 Å². The molecule has 10 heteroatoms. The molecule has 3 aliphatic rings. The van der Waals surface area contributed by atoms with Crippen LogP contribution in [0, 0.1) is 0 Å². The number of amides is 1. The fourth-order valence-electron chi connectivity index (χ4n) is 3.46. The van der Waals surface area contributed by atoms with Gasteiger partial charge in [-0.3, -0.25) is 4.79 Å². The molecule has 6 nitrogen and oxygen atoms in total. The molecular weight excluding hydrogens is 419 g/mol. The van der Waals surface area contributed by atoms with E-state index in [1.807, 2.05) is 0 Å². The van der Waals surface area contributed by atoms with Crippen molar-refractivity contribution in [2.75, 3.05) is 23.0 Å². The molecule has 3 saturated heterocycles. The minimum atomic E-state index is -3.14. The van der Waals surface area contributed by atoms with Crippen LogP contribution in [0.3, 0.4) is 0 Å². The highest BCUT2D eigenvalue weighted by molar-refractivity contribution is 8.16. The molecule has 3 heterocycles. The Labute approximate surface area is 165 Å². The van der Waals surface area contributed by atoms with Gasteiger partial charge in [0.1, 0.15) is 6.10 Å². The lowest BCUT2D eigenvalue weighted by Crippen LogP contribution is -2.38. The van der Waals surface area contributed by atoms with Crippen LogP contribution in [0.4, 0.5) is 5.69 Å². The summed E-state index contributed by atoms with van der Waals surface area (Å²) in [6.07, 6.45) is 0.963. The number of sulfone groups is 1. The molecule has 3 fully saturated rings. The molecule has 0 radical (unpaired) electrons. The fourth-order valence-corrected chi connectivity index (χ4v) is 7.74. The fraction of sp³-hybridized carbons (Fsp3) is 0.500. The molecule has 0 spiro atoms. The first kappa shape index (κ1) is 18.6. The monoisotopic (exact) mass is 434 g/mol. The summed E-state index contributed by atoms with van der Waals surface area (Å²) < 4.78 is 29.6. The van der Waals surface area contributed by atoms with Crippen LogP contribution in [0.25, 0.3) is 0 Å². The van der Waals surface area contributed by atoms with Crippen molar-refractivity contribution in [2.24, 2.45) is 4.99 Å². The zero-order chi connectivity index (χ0) is 18.5. The van der Waals surface area contributed by atoms with Gasteiger partial charge in [0.2, 0.25) is 0 Å². The first-order chi connectivity index (χ1) is 12.3. The van der Waals surface area contributed by atoms with Crippen LogP contribution in [0.2, 0.25) is 10.0 Å². The Hall–Kier alpha value is -0.800. The standard InChI is InChI=1S/C16H16Cl2N2O4S2/c17-9-3-4-10(18)11(6-9)20-12-7-26(22,23)8-14(12)25-16(20)19-15(21)13-2-1-5-24-13/h3-4,6,12-14H,1-2,5,7-8H2. The Kier molecular flexibility index (Phi) is 4.98. The highest BCUT2D eigenvalue weighted by Gasteiger charge is 2.50. The molecule has 26 heavy (non-hydrogen) atoms. The van der Waals surface area contributed by atoms with Crippen molar-refractivity contribution in [3.63, 3.8) is 0 Å². The van der Waals surface area contributed by atoms with Crippen LogP contribution >= 0.6 is 35.0 Å². The molecule has 1 aromatic rings. The molecule has 4 rings (SSSR count). The van der Waals surface area contributed by atoms with E-state index in [4.69, 9.17) is 27.9 Å². The number of amidine groups is 1. The molecule has 0 aromatic heterocycles. The molecule has 1 aromatic carbocycles. The topological polar surface area (TPSA) is 76.0 Å². The van der Waals surface area contributed by atoms with Crippen molar-refractivity contribution in [1.29, 1.82) is 0 Å². The smallest absolute Gasteiger partial charge is 0.277 e. The minimum absolute atomic E-state index is 0.000643. The molecule has 0 saturated carbocycles. The summed E-state index contributed by atoms with van der Waals surface area (Å²) >= 11 is 13.8. The third-order valence-electron chi connectivity index (χ3n) is 4.65. The first-order valence-corrected chi connectivity index (χ1v) is 11.7. The van der Waals surface area contributed by atoms with Crippen LogP contribution in [0.15, 0.2) is 23.2 Å². The minimum Gasteiger partial charge on any atom is -0.368 e. The van der Waals surface area contributed by atoms with Crippen molar-refractivity contribution in [3.05, 3.63) is 28.2 Å². The number of halogens is 2. The van der Waals surface area contributed by atoms with E-state index in [0.29, 0.717) is 33.9 Å². The predicted molar refractivity (Wildman–Crippen MR) is 104 cm³/mol. The summed E-state index contributed by atoms with van der Waals surface area (Å²) in [4.78, 5) is 18.5. The average molecular weight is 435 g/mol. The van der Waals surface area contributed by atoms with E-state index in [2.05, 4.69) is 4.99 Å². The van der Waals surface area contributed by atoms with Gasteiger partial charge in [-0.15, -0.1) is 0 Å². The van der Waals surface area contributed by atoms with Gasteiger partial charge in [0, 0.05) is 16.9 Å². The molecule has 0 aliphatic carbocycles. The number of carbonyl (C=O) groups is 1. The quantitative estimate of drug-likeness (QED) is 0.711. The Morgan fingerprint density at radius 2 is 2.12 bits per heavy atom. The number of benzene rings is 1. The number of hydrogen-bond acceptors (Lipinski definition) is 5. The van der Waals surface area contributed by atoms with Crippen LogP contribution in [-0.2, 0) is 19.4 Å². The van der Waals surface area contributed by atoms with Crippen LogP contribution in [0.1, 0.15) is 12.8 Å². The van der Waals surface area contributed by atoms with E-state index < -0.39 is 15.9 Å². The maximum atomic E-state index is 12.4. The largest absolute Gasteiger partial charge is 0.368 e. The van der Waals surface area contributed by atoms with Gasteiger partial charge in [-0.1, -0.05) is 35.0 Å². The molecule has 0 bridgehead atoms. The van der Waals surface area contributed by atoms with Crippen LogP contribution in [-0.4, -0.2) is 55.0 Å². The van der Waals surface area contributed by atoms with E-state index in [-0.39, 0.29) is 28.7 Å². The molecule has 3 atom stereocenters. The van der Waals surface area contributed by atoms with Crippen LogP contribution in [0.5, 0.6) is 0 Å². The van der Waals surface area contributed by atoms with Crippen molar-refractivity contribution in [3.8, 4) is 0 Å². The second kappa shape index (κ2) is 6.98. The lowest BCUT2D eigenvalue weighted by atomic mass is 10.2. The SMILES string of the molecule is O=C(N=C1SC2CS(=O)(=O)CC2N1c1cc(Cl)ccc1Cl)C1CCCO1. The summed E-state index contributed by atoms with van der Waals surface area (Å²) in [5, 5.41) is 1.17. The molecule has 3 aliphatic heterocycles. The van der Waals surface area contributed by atoms with Gasteiger partial charge in [0.25, 0.3) is 5.91 Å². The van der Waals surface area contributed by atoms with Gasteiger partial charge in [-0.25, -0.2) is 8.42 Å². The summed E-state index contributed by atoms with van der Waals surface area (Å²) in [6, 6.07) is 4.66. The number of aliphatic imine (C=N–C) groups is 1. The van der Waals surface area contributed by atoms with Crippen LogP contribution < -0.4 is 4.90 Å². The number of rotatable bonds is 2. The van der Waals surface area contributed by atoms with E-state index in [1.165, 1.54) is 11.8 Å². The Morgan fingerprint density at radius 1 is 1.31 bits per heavy atom. The van der Waals surface area contributed by atoms with Crippen molar-refractivity contribution >= 4 is 61.6 Å². The second-order valence-electron chi connectivity index (χ2n) is 6.50. The third-order valence-corrected chi connectivity index (χ3v) is 8.41. The van der Waals surface area contributed by atoms with Gasteiger partial charge in [0.05, 0.1) is 28.3 Å². The van der Waals surface area contributed by atoms with Gasteiger partial charge in [-0.05, 0) is 31.0 Å². The third kappa shape index (κ3) is 3.49. The maximum absolute atomic E-state index is 12.4. The second-order valence-corrected chi connectivity index (χ2v) is 10.7. The number of thioether (sulfide) groups is 1. The summed E-state index contributed by atoms with van der Waals surface area (Å²) in [5.74, 6) is -0.277. The zero-order valence-corrected chi connectivity index (χ0v) is 16.7. The molecule has 0 N–H and O–H groups in total. The number of nitrogens with zero attached hydrogens (tertiary/aromatic N) is 2. The highest BCUT2D eigenvalue weighted by Crippen LogP contribution is 2.43. The summed E-state index contributed by atoms with van der Waals surface area (Å²) in [6.45, 7) is 0.557. The number of carbonyl (C=O) groups excluding carboxylic acids is 1. The van der Waals surface area contributed by atoms with Gasteiger partial charge in [0.15, 0.2) is 15.0 Å². The summed E-state index contributed by atoms with van der Waals surface area (Å²) in [7, 11) is -3.14. The van der Waals surface area contributed by atoms with Gasteiger partial charge in [-0.2, -0.15) is 4.99 Å². The molecular formula is C16H16Cl2N2O4S2. The van der Waals surface area contributed by atoms with E-state index in [0.717, 1.165) is 6.42 Å². The van der Waals surface area contributed by atoms with Gasteiger partial charge < -0.3 is 9.64 Å². The normalized spacial score (nSPS) is 31.5. The number of fused-ring (bicyclic) bond motifs is 1. The Morgan fingerprint density at radius 3 is 2.85 bits per heavy atom. The number of hydrogen-bond donors (Lipinski definition) is 0. The van der Waals surface area contributed by atoms with Crippen molar-refractivity contribution < 1.29 is 17.9 Å². The zero-order valence-electron chi connectivity index (χ0n) is 13.6. The molecule has 3 unspecified atom stereocenters. The Balaban J connectivity index is 1.73. The van der Waals surface area contributed by atoms with Crippen molar-refractivity contribution in [1.82, 2.24) is 0 Å².